The molecule has 0 aliphatic carbocycles. The van der Waals surface area contributed by atoms with Crippen molar-refractivity contribution in [2.75, 3.05) is 33.9 Å². The van der Waals surface area contributed by atoms with Crippen LogP contribution in [0.4, 0.5) is 0 Å². The molecule has 13 heteroatoms. The van der Waals surface area contributed by atoms with E-state index < -0.39 is 0 Å². The highest BCUT2D eigenvalue weighted by atomic mass is 16.5. The van der Waals surface area contributed by atoms with Crippen molar-refractivity contribution in [3.8, 4) is 0 Å². The number of Topliss-reactive ketones (excluding diaryl/α,β-unsaturated/α-hetero) is 4. The fraction of sp³-hybridized carbons (Fsp3) is 0.680. The molecular weight excluding hydrogens is 502 g/mol. The summed E-state index contributed by atoms with van der Waals surface area (Å²) in [6.45, 7) is 1.52. The van der Waals surface area contributed by atoms with Gasteiger partial charge in [0.25, 0.3) is 0 Å². The van der Waals surface area contributed by atoms with Gasteiger partial charge in [0.05, 0.1) is 33.9 Å². The standard InChI is InChI=1S/C13H21NO5.C12H20N2O5.H2/c1-3-10(15)7-8-12(17)14-9-11(16)5-4-6-13(18)19-2;1-19-12(18)4-2-3-10(16)8-14-11(17)6-5-9(15)7-13;/h3-9H2,1-2H3,(H,14,17);2-8,13H2,1H3,(H,14,17);1H. The van der Waals surface area contributed by atoms with E-state index in [0.29, 0.717) is 19.3 Å². The molecule has 0 aromatic carbocycles. The molecule has 0 fully saturated rings. The largest absolute Gasteiger partial charge is 0.469 e. The molecule has 218 valence electrons. The predicted octanol–water partition coefficient (Wildman–Crippen LogP) is 0.343. The summed E-state index contributed by atoms with van der Waals surface area (Å²) in [4.78, 5) is 88.8. The van der Waals surface area contributed by atoms with Crippen LogP contribution in [-0.4, -0.2) is 80.7 Å². The lowest BCUT2D eigenvalue weighted by atomic mass is 10.1. The Morgan fingerprint density at radius 3 is 1.32 bits per heavy atom. The van der Waals surface area contributed by atoms with E-state index in [0.717, 1.165) is 0 Å². The van der Waals surface area contributed by atoms with E-state index in [1.165, 1.54) is 14.2 Å². The number of nitrogens with two attached hydrogens (primary N) is 1. The zero-order chi connectivity index (χ0) is 29.3. The van der Waals surface area contributed by atoms with Crippen LogP contribution in [0.2, 0.25) is 0 Å². The number of methoxy groups -OCH3 is 2. The zero-order valence-electron chi connectivity index (χ0n) is 22.6. The minimum absolute atomic E-state index is 0. The van der Waals surface area contributed by atoms with Gasteiger partial charge in [0.15, 0.2) is 11.6 Å². The van der Waals surface area contributed by atoms with Gasteiger partial charge in [0.1, 0.15) is 11.6 Å². The minimum Gasteiger partial charge on any atom is -0.469 e. The summed E-state index contributed by atoms with van der Waals surface area (Å²) in [5.74, 6) is -1.85. The van der Waals surface area contributed by atoms with Crippen LogP contribution in [-0.2, 0) is 47.8 Å². The maximum absolute atomic E-state index is 11.4. The van der Waals surface area contributed by atoms with E-state index in [-0.39, 0.29) is 119 Å². The highest BCUT2D eigenvalue weighted by Gasteiger charge is 2.10. The van der Waals surface area contributed by atoms with Gasteiger partial charge in [-0.1, -0.05) is 6.92 Å². The Balaban J connectivity index is -0.000000648. The number of ketones is 4. The summed E-state index contributed by atoms with van der Waals surface area (Å²) in [5, 5.41) is 4.87. The molecule has 0 aromatic heterocycles. The fourth-order valence-electron chi connectivity index (χ4n) is 2.60. The smallest absolute Gasteiger partial charge is 0.305 e. The first kappa shape index (κ1) is 36.7. The Kier molecular flexibility index (Phi) is 23.1. The molecule has 13 nitrogen and oxygen atoms in total. The minimum atomic E-state index is -0.364. The van der Waals surface area contributed by atoms with Gasteiger partial charge in [0.2, 0.25) is 11.8 Å². The molecule has 0 aliphatic heterocycles. The molecule has 0 atom stereocenters. The van der Waals surface area contributed by atoms with Gasteiger partial charge >= 0.3 is 11.9 Å². The molecule has 0 aromatic rings. The second kappa shape index (κ2) is 23.9. The number of hydrogen-bond acceptors (Lipinski definition) is 11. The van der Waals surface area contributed by atoms with Gasteiger partial charge in [0, 0.05) is 59.2 Å². The van der Waals surface area contributed by atoms with Gasteiger partial charge in [-0.25, -0.2) is 0 Å². The Morgan fingerprint density at radius 2 is 0.974 bits per heavy atom. The van der Waals surface area contributed by atoms with Crippen molar-refractivity contribution in [2.24, 2.45) is 5.73 Å². The van der Waals surface area contributed by atoms with Crippen LogP contribution >= 0.6 is 0 Å². The molecule has 2 amide bonds. The van der Waals surface area contributed by atoms with Gasteiger partial charge in [-0.2, -0.15) is 0 Å². The average molecular weight is 546 g/mol. The number of carbonyl (C=O) groups excluding carboxylic acids is 8. The highest BCUT2D eigenvalue weighted by Crippen LogP contribution is 1.99. The molecule has 38 heavy (non-hydrogen) atoms. The van der Waals surface area contributed by atoms with Crippen molar-refractivity contribution >= 4 is 46.9 Å². The molecule has 0 saturated carbocycles. The summed E-state index contributed by atoms with van der Waals surface area (Å²) in [7, 11) is 2.58. The lowest BCUT2D eigenvalue weighted by molar-refractivity contribution is -0.141. The summed E-state index contributed by atoms with van der Waals surface area (Å²) in [6, 6.07) is 0. The summed E-state index contributed by atoms with van der Waals surface area (Å²) in [6.07, 6.45) is 2.47. The first-order chi connectivity index (χ1) is 18.0. The molecule has 0 unspecified atom stereocenters. The number of esters is 2. The monoisotopic (exact) mass is 545 g/mol. The van der Waals surface area contributed by atoms with E-state index >= 15 is 0 Å². The van der Waals surface area contributed by atoms with Crippen LogP contribution in [0.15, 0.2) is 0 Å². The number of ether oxygens (including phenoxy) is 2. The average Bonchev–Trinajstić information content (AvgIpc) is 2.92. The maximum atomic E-state index is 11.4. The first-order valence-corrected chi connectivity index (χ1v) is 12.4. The first-order valence-electron chi connectivity index (χ1n) is 12.4. The van der Waals surface area contributed by atoms with Gasteiger partial charge in [-0.3, -0.25) is 38.4 Å². The van der Waals surface area contributed by atoms with Crippen LogP contribution in [0.1, 0.15) is 79.0 Å². The molecule has 0 saturated heterocycles. The normalized spacial score (nSPS) is 9.79. The van der Waals surface area contributed by atoms with Crippen molar-refractivity contribution < 1.29 is 49.3 Å². The second-order valence-electron chi connectivity index (χ2n) is 8.13. The van der Waals surface area contributed by atoms with E-state index in [4.69, 9.17) is 5.73 Å². The van der Waals surface area contributed by atoms with Crippen LogP contribution < -0.4 is 16.4 Å². The molecule has 0 aliphatic rings. The third kappa shape index (κ3) is 24.2. The topological polar surface area (TPSA) is 205 Å². The number of nitrogens with one attached hydrogen (secondary N) is 2. The van der Waals surface area contributed by atoms with Gasteiger partial charge in [-0.15, -0.1) is 0 Å². The number of rotatable bonds is 20. The van der Waals surface area contributed by atoms with Crippen molar-refractivity contribution in [1.29, 1.82) is 0 Å². The molecule has 0 rings (SSSR count). The Bertz CT molecular complexity index is 752. The molecule has 0 bridgehead atoms. The summed E-state index contributed by atoms with van der Waals surface area (Å²) >= 11 is 0. The number of hydrogen-bond donors (Lipinski definition) is 3. The number of carbonyl (C=O) groups is 8. The van der Waals surface area contributed by atoms with Crippen LogP contribution in [0, 0.1) is 0 Å². The summed E-state index contributed by atoms with van der Waals surface area (Å²) in [5.41, 5.74) is 5.10. The lowest BCUT2D eigenvalue weighted by Gasteiger charge is -2.04. The van der Waals surface area contributed by atoms with Crippen LogP contribution in [0.25, 0.3) is 0 Å². The molecule has 0 heterocycles. The van der Waals surface area contributed by atoms with Crippen molar-refractivity contribution in [3.63, 3.8) is 0 Å². The van der Waals surface area contributed by atoms with E-state index in [1.54, 1.807) is 6.92 Å². The molecular formula is C25H43N3O10. The van der Waals surface area contributed by atoms with E-state index in [2.05, 4.69) is 20.1 Å². The maximum Gasteiger partial charge on any atom is 0.305 e. The van der Waals surface area contributed by atoms with E-state index in [1.807, 2.05) is 0 Å². The Hall–Kier alpha value is -3.48. The van der Waals surface area contributed by atoms with Crippen molar-refractivity contribution in [2.45, 2.75) is 77.6 Å². The number of amides is 2. The molecule has 0 radical (unpaired) electrons. The Labute approximate surface area is 224 Å². The van der Waals surface area contributed by atoms with Gasteiger partial charge < -0.3 is 25.8 Å². The molecule has 4 N–H and O–H groups in total. The van der Waals surface area contributed by atoms with Crippen molar-refractivity contribution in [3.05, 3.63) is 0 Å². The third-order valence-electron chi connectivity index (χ3n) is 4.98. The van der Waals surface area contributed by atoms with E-state index in [9.17, 15) is 38.4 Å². The lowest BCUT2D eigenvalue weighted by Crippen LogP contribution is -2.30. The van der Waals surface area contributed by atoms with Gasteiger partial charge in [-0.05, 0) is 12.8 Å². The van der Waals surface area contributed by atoms with Crippen LogP contribution in [0.5, 0.6) is 0 Å². The molecule has 0 spiro atoms. The fourth-order valence-corrected chi connectivity index (χ4v) is 2.60. The zero-order valence-corrected chi connectivity index (χ0v) is 22.6. The third-order valence-corrected chi connectivity index (χ3v) is 4.98. The highest BCUT2D eigenvalue weighted by molar-refractivity contribution is 5.89. The predicted molar refractivity (Wildman–Crippen MR) is 138 cm³/mol. The SMILES string of the molecule is CCC(=O)CCC(=O)NCC(=O)CCCC(=O)OC.COC(=O)CCCC(=O)CNC(=O)CCC(=O)CN.[HH]. The van der Waals surface area contributed by atoms with Crippen molar-refractivity contribution in [1.82, 2.24) is 10.6 Å². The van der Waals surface area contributed by atoms with Crippen LogP contribution in [0.3, 0.4) is 0 Å². The second-order valence-corrected chi connectivity index (χ2v) is 8.13. The summed E-state index contributed by atoms with van der Waals surface area (Å²) < 4.78 is 8.88. The Morgan fingerprint density at radius 1 is 0.579 bits per heavy atom. The quantitative estimate of drug-likeness (QED) is 0.178.